The lowest BCUT2D eigenvalue weighted by atomic mass is 10.3. The summed E-state index contributed by atoms with van der Waals surface area (Å²) in [5.74, 6) is -0.446. The first-order chi connectivity index (χ1) is 5.57. The van der Waals surface area contributed by atoms with Gasteiger partial charge in [-0.1, -0.05) is 0 Å². The molecule has 0 aromatic heterocycles. The van der Waals surface area contributed by atoms with Gasteiger partial charge in [-0.2, -0.15) is 0 Å². The third-order valence-corrected chi connectivity index (χ3v) is 1.39. The number of carbonyl (C=O) groups is 1. The van der Waals surface area contributed by atoms with Gasteiger partial charge in [0.15, 0.2) is 0 Å². The second-order valence-corrected chi connectivity index (χ2v) is 2.65. The summed E-state index contributed by atoms with van der Waals surface area (Å²) < 4.78 is 10.3. The zero-order chi connectivity index (χ0) is 9.56. The number of primary amides is 1. The van der Waals surface area contributed by atoms with Gasteiger partial charge in [-0.25, -0.2) is 0 Å². The molecule has 0 aromatic carbocycles. The highest BCUT2D eigenvalue weighted by atomic mass is 16.5. The predicted molar refractivity (Wildman–Crippen MR) is 45.7 cm³/mol. The number of hydrogen-bond acceptors (Lipinski definition) is 3. The molecule has 0 spiro atoms. The highest BCUT2D eigenvalue weighted by Gasteiger charge is 2.12. The van der Waals surface area contributed by atoms with Gasteiger partial charge in [0, 0.05) is 6.61 Å². The van der Waals surface area contributed by atoms with E-state index in [9.17, 15) is 4.79 Å². The molecule has 0 rings (SSSR count). The Bertz CT molecular complexity index is 138. The summed E-state index contributed by atoms with van der Waals surface area (Å²) in [7, 11) is 0. The molecule has 2 unspecified atom stereocenters. The van der Waals surface area contributed by atoms with Gasteiger partial charge < -0.3 is 15.2 Å². The van der Waals surface area contributed by atoms with Crippen molar-refractivity contribution in [3.8, 4) is 0 Å². The molecule has 0 bridgehead atoms. The molecule has 0 aliphatic heterocycles. The summed E-state index contributed by atoms with van der Waals surface area (Å²) in [6.07, 6.45) is -0.632. The fourth-order valence-corrected chi connectivity index (χ4v) is 0.739. The Hall–Kier alpha value is -0.610. The van der Waals surface area contributed by atoms with Gasteiger partial charge in [0.1, 0.15) is 6.10 Å². The lowest BCUT2D eigenvalue weighted by Gasteiger charge is -2.16. The number of carbonyl (C=O) groups excluding carboxylic acids is 1. The summed E-state index contributed by atoms with van der Waals surface area (Å²) in [4.78, 5) is 10.6. The highest BCUT2D eigenvalue weighted by Crippen LogP contribution is 1.97. The highest BCUT2D eigenvalue weighted by molar-refractivity contribution is 5.78. The van der Waals surface area contributed by atoms with E-state index in [4.69, 9.17) is 15.2 Å². The van der Waals surface area contributed by atoms with Crippen molar-refractivity contribution < 1.29 is 14.3 Å². The maximum Gasteiger partial charge on any atom is 0.246 e. The van der Waals surface area contributed by atoms with Crippen LogP contribution in [0.1, 0.15) is 20.8 Å². The molecule has 72 valence electrons. The fraction of sp³-hybridized carbons (Fsp3) is 0.875. The van der Waals surface area contributed by atoms with Gasteiger partial charge in [0.25, 0.3) is 0 Å². The molecule has 0 radical (unpaired) electrons. The van der Waals surface area contributed by atoms with Crippen LogP contribution < -0.4 is 5.73 Å². The van der Waals surface area contributed by atoms with Crippen molar-refractivity contribution in [2.24, 2.45) is 5.73 Å². The molecule has 4 nitrogen and oxygen atoms in total. The van der Waals surface area contributed by atoms with E-state index in [2.05, 4.69) is 0 Å². The van der Waals surface area contributed by atoms with E-state index >= 15 is 0 Å². The van der Waals surface area contributed by atoms with E-state index < -0.39 is 12.0 Å². The molecule has 1 amide bonds. The maximum atomic E-state index is 10.6. The molecule has 0 heterocycles. The Balaban J connectivity index is 3.53. The minimum absolute atomic E-state index is 0.0903. The average Bonchev–Trinajstić information content (AvgIpc) is 2.00. The summed E-state index contributed by atoms with van der Waals surface area (Å²) in [6.45, 7) is 6.52. The van der Waals surface area contributed by atoms with Crippen molar-refractivity contribution in [2.45, 2.75) is 33.0 Å². The smallest absolute Gasteiger partial charge is 0.246 e. The van der Waals surface area contributed by atoms with Crippen LogP contribution in [-0.4, -0.2) is 31.3 Å². The quantitative estimate of drug-likeness (QED) is 0.631. The zero-order valence-corrected chi connectivity index (χ0v) is 7.87. The van der Waals surface area contributed by atoms with Crippen molar-refractivity contribution in [2.75, 3.05) is 13.2 Å². The minimum atomic E-state index is -0.541. The van der Waals surface area contributed by atoms with Crippen molar-refractivity contribution in [3.63, 3.8) is 0 Å². The lowest BCUT2D eigenvalue weighted by molar-refractivity contribution is -0.133. The molecule has 2 N–H and O–H groups in total. The summed E-state index contributed by atoms with van der Waals surface area (Å²) >= 11 is 0. The zero-order valence-electron chi connectivity index (χ0n) is 7.87. The van der Waals surface area contributed by atoms with Crippen LogP contribution in [-0.2, 0) is 14.3 Å². The van der Waals surface area contributed by atoms with Crippen LogP contribution >= 0.6 is 0 Å². The first-order valence-electron chi connectivity index (χ1n) is 4.10. The van der Waals surface area contributed by atoms with Crippen molar-refractivity contribution in [1.82, 2.24) is 0 Å². The number of amides is 1. The van der Waals surface area contributed by atoms with Gasteiger partial charge in [0.2, 0.25) is 5.91 Å². The molecule has 0 fully saturated rings. The Morgan fingerprint density at radius 3 is 2.50 bits per heavy atom. The standard InChI is InChI=1S/C8H17NO3/c1-4-11-5-6(2)12-7(3)8(9)10/h6-7H,4-5H2,1-3H3,(H2,9,10). The van der Waals surface area contributed by atoms with Crippen LogP contribution in [0.15, 0.2) is 0 Å². The van der Waals surface area contributed by atoms with Crippen LogP contribution in [0.5, 0.6) is 0 Å². The molecule has 2 atom stereocenters. The molecule has 0 saturated heterocycles. The van der Waals surface area contributed by atoms with Crippen molar-refractivity contribution in [1.29, 1.82) is 0 Å². The van der Waals surface area contributed by atoms with Crippen LogP contribution in [0.2, 0.25) is 0 Å². The molecular weight excluding hydrogens is 158 g/mol. The van der Waals surface area contributed by atoms with Gasteiger partial charge in [-0.15, -0.1) is 0 Å². The molecule has 0 aliphatic carbocycles. The molecular formula is C8H17NO3. The van der Waals surface area contributed by atoms with Crippen LogP contribution in [0, 0.1) is 0 Å². The average molecular weight is 175 g/mol. The first-order valence-corrected chi connectivity index (χ1v) is 4.10. The lowest BCUT2D eigenvalue weighted by Crippen LogP contribution is -2.32. The van der Waals surface area contributed by atoms with Crippen LogP contribution in [0.25, 0.3) is 0 Å². The maximum absolute atomic E-state index is 10.6. The van der Waals surface area contributed by atoms with Crippen LogP contribution in [0.4, 0.5) is 0 Å². The normalized spacial score (nSPS) is 15.6. The Kier molecular flexibility index (Phi) is 5.66. The molecule has 4 heteroatoms. The predicted octanol–water partition coefficient (Wildman–Crippen LogP) is 0.302. The summed E-state index contributed by atoms with van der Waals surface area (Å²) in [5, 5.41) is 0. The monoisotopic (exact) mass is 175 g/mol. The summed E-state index contributed by atoms with van der Waals surface area (Å²) in [6, 6.07) is 0. The van der Waals surface area contributed by atoms with E-state index in [0.29, 0.717) is 13.2 Å². The Labute approximate surface area is 73.0 Å². The van der Waals surface area contributed by atoms with Crippen molar-refractivity contribution >= 4 is 5.91 Å². The van der Waals surface area contributed by atoms with Gasteiger partial charge in [0.05, 0.1) is 12.7 Å². The number of nitrogens with two attached hydrogens (primary N) is 1. The molecule has 0 aromatic rings. The third kappa shape index (κ3) is 5.09. The Morgan fingerprint density at radius 1 is 1.50 bits per heavy atom. The molecule has 0 saturated carbocycles. The van der Waals surface area contributed by atoms with E-state index in [0.717, 1.165) is 0 Å². The van der Waals surface area contributed by atoms with Crippen LogP contribution in [0.3, 0.4) is 0 Å². The number of hydrogen-bond donors (Lipinski definition) is 1. The first kappa shape index (κ1) is 11.4. The second-order valence-electron chi connectivity index (χ2n) is 2.65. The largest absolute Gasteiger partial charge is 0.379 e. The topological polar surface area (TPSA) is 61.6 Å². The van der Waals surface area contributed by atoms with E-state index in [1.54, 1.807) is 6.92 Å². The second kappa shape index (κ2) is 5.97. The van der Waals surface area contributed by atoms with E-state index in [1.807, 2.05) is 13.8 Å². The van der Waals surface area contributed by atoms with Crippen molar-refractivity contribution in [3.05, 3.63) is 0 Å². The molecule has 0 aliphatic rings. The molecule has 12 heavy (non-hydrogen) atoms. The van der Waals surface area contributed by atoms with E-state index in [1.165, 1.54) is 0 Å². The van der Waals surface area contributed by atoms with Gasteiger partial charge in [-0.3, -0.25) is 4.79 Å². The Morgan fingerprint density at radius 2 is 2.08 bits per heavy atom. The van der Waals surface area contributed by atoms with E-state index in [-0.39, 0.29) is 6.10 Å². The van der Waals surface area contributed by atoms with Gasteiger partial charge >= 0.3 is 0 Å². The third-order valence-electron chi connectivity index (χ3n) is 1.39. The number of rotatable bonds is 6. The summed E-state index contributed by atoms with van der Waals surface area (Å²) in [5.41, 5.74) is 5.01. The fourth-order valence-electron chi connectivity index (χ4n) is 0.739. The number of ether oxygens (including phenoxy) is 2. The van der Waals surface area contributed by atoms with Gasteiger partial charge in [-0.05, 0) is 20.8 Å². The SMILES string of the molecule is CCOCC(C)OC(C)C(N)=O. The minimum Gasteiger partial charge on any atom is -0.379 e.